The number of ketones is 1. The van der Waals surface area contributed by atoms with Crippen LogP contribution in [0.5, 0.6) is 11.5 Å². The monoisotopic (exact) mass is 672 g/mol. The van der Waals surface area contributed by atoms with Crippen molar-refractivity contribution in [3.8, 4) is 11.5 Å². The summed E-state index contributed by atoms with van der Waals surface area (Å²) < 4.78 is 35.9. The van der Waals surface area contributed by atoms with Crippen molar-refractivity contribution in [1.82, 2.24) is 4.98 Å². The zero-order valence-corrected chi connectivity index (χ0v) is 27.3. The quantitative estimate of drug-likeness (QED) is 0.178. The Balaban J connectivity index is 1.48. The number of nitrogens with one attached hydrogen (secondary N) is 2. The van der Waals surface area contributed by atoms with Crippen molar-refractivity contribution < 1.29 is 27.9 Å². The molecule has 4 aromatic rings. The number of carbonyl (C=O) groups is 2. The lowest BCUT2D eigenvalue weighted by atomic mass is 9.73. The van der Waals surface area contributed by atoms with Crippen molar-refractivity contribution in [1.29, 1.82) is 0 Å². The first-order valence-corrected chi connectivity index (χ1v) is 16.9. The van der Waals surface area contributed by atoms with Crippen LogP contribution in [0, 0.1) is 5.41 Å². The standard InChI is InChI=1S/C35H33ClN4O6S/c1-35(2)18-26-32(29(42)19-35)34(24-15-14-23(17-25(24)36)46-20-22-9-4-3-5-10-22)40(27-11-8-12-28(41)33(27)38-26)47(44,45)21-31(43)39-30-13-6-7-16-37-30/h3-17,34,38,41H,18-21H2,1-2H3,(H,37,39,43). The second kappa shape index (κ2) is 12.7. The average molecular weight is 673 g/mol. The Morgan fingerprint density at radius 3 is 2.55 bits per heavy atom. The maximum atomic E-state index is 14.5. The number of anilines is 3. The molecule has 1 aromatic heterocycles. The molecule has 47 heavy (non-hydrogen) atoms. The first kappa shape index (κ1) is 32.1. The second-order valence-electron chi connectivity index (χ2n) is 12.3. The van der Waals surface area contributed by atoms with Gasteiger partial charge < -0.3 is 20.5 Å². The number of halogens is 1. The van der Waals surface area contributed by atoms with Crippen molar-refractivity contribution in [3.63, 3.8) is 0 Å². The van der Waals surface area contributed by atoms with E-state index in [0.29, 0.717) is 23.4 Å². The molecule has 0 spiro atoms. The number of para-hydroxylation sites is 1. The summed E-state index contributed by atoms with van der Waals surface area (Å²) in [5, 5.41) is 16.9. The molecule has 0 saturated heterocycles. The Morgan fingerprint density at radius 1 is 1.06 bits per heavy atom. The van der Waals surface area contributed by atoms with Crippen LogP contribution in [0.15, 0.2) is 102 Å². The molecule has 242 valence electrons. The van der Waals surface area contributed by atoms with Crippen LogP contribution in [0.25, 0.3) is 0 Å². The van der Waals surface area contributed by atoms with Gasteiger partial charge in [-0.25, -0.2) is 13.4 Å². The number of aromatic nitrogens is 1. The van der Waals surface area contributed by atoms with E-state index in [-0.39, 0.29) is 52.3 Å². The molecule has 0 saturated carbocycles. The van der Waals surface area contributed by atoms with Crippen molar-refractivity contribution in [2.75, 3.05) is 20.7 Å². The lowest BCUT2D eigenvalue weighted by molar-refractivity contribution is -0.118. The molecule has 1 aliphatic carbocycles. The number of fused-ring (bicyclic) bond motifs is 1. The molecule has 1 amide bonds. The summed E-state index contributed by atoms with van der Waals surface area (Å²) in [6.07, 6.45) is 2.01. The summed E-state index contributed by atoms with van der Waals surface area (Å²) in [5.74, 6) is -1.68. The van der Waals surface area contributed by atoms with Crippen LogP contribution in [-0.4, -0.2) is 36.0 Å². The van der Waals surface area contributed by atoms with Crippen LogP contribution >= 0.6 is 11.6 Å². The van der Waals surface area contributed by atoms with Crippen molar-refractivity contribution >= 4 is 50.5 Å². The van der Waals surface area contributed by atoms with Gasteiger partial charge in [-0.05, 0) is 59.4 Å². The van der Waals surface area contributed by atoms with E-state index in [1.54, 1.807) is 30.3 Å². The normalized spacial score (nSPS) is 17.2. The molecule has 6 rings (SSSR count). The minimum atomic E-state index is -4.56. The fourth-order valence-electron chi connectivity index (χ4n) is 6.01. The van der Waals surface area contributed by atoms with Crippen molar-refractivity contribution in [3.05, 3.63) is 119 Å². The molecule has 3 N–H and O–H groups in total. The highest BCUT2D eigenvalue weighted by molar-refractivity contribution is 7.93. The van der Waals surface area contributed by atoms with Crippen LogP contribution in [0.1, 0.15) is 43.9 Å². The number of rotatable bonds is 8. The molecule has 1 aliphatic heterocycles. The van der Waals surface area contributed by atoms with E-state index in [0.717, 1.165) is 9.87 Å². The van der Waals surface area contributed by atoms with E-state index in [9.17, 15) is 23.1 Å². The van der Waals surface area contributed by atoms with Gasteiger partial charge in [0.2, 0.25) is 15.9 Å². The summed E-state index contributed by atoms with van der Waals surface area (Å²) in [5.41, 5.74) is 1.62. The number of sulfonamides is 1. The number of ether oxygens (including phenoxy) is 1. The first-order valence-electron chi connectivity index (χ1n) is 15.0. The van der Waals surface area contributed by atoms with Gasteiger partial charge in [0.15, 0.2) is 5.78 Å². The molecular weight excluding hydrogens is 640 g/mol. The fourth-order valence-corrected chi connectivity index (χ4v) is 7.82. The van der Waals surface area contributed by atoms with Crippen molar-refractivity contribution in [2.24, 2.45) is 5.41 Å². The zero-order valence-electron chi connectivity index (χ0n) is 25.7. The number of pyridine rings is 1. The van der Waals surface area contributed by atoms with Gasteiger partial charge in [-0.3, -0.25) is 13.9 Å². The molecule has 0 bridgehead atoms. The molecule has 1 atom stereocenters. The maximum Gasteiger partial charge on any atom is 0.245 e. The smallest absolute Gasteiger partial charge is 0.245 e. The molecule has 10 nitrogen and oxygen atoms in total. The lowest BCUT2D eigenvalue weighted by Crippen LogP contribution is -2.42. The van der Waals surface area contributed by atoms with E-state index in [1.165, 1.54) is 30.5 Å². The number of carbonyl (C=O) groups excluding carboxylic acids is 2. The van der Waals surface area contributed by atoms with Crippen LogP contribution < -0.4 is 19.7 Å². The van der Waals surface area contributed by atoms with Crippen LogP contribution in [-0.2, 0) is 26.2 Å². The van der Waals surface area contributed by atoms with Gasteiger partial charge in [-0.1, -0.05) is 74.0 Å². The summed E-state index contributed by atoms with van der Waals surface area (Å²) in [7, 11) is -4.56. The summed E-state index contributed by atoms with van der Waals surface area (Å²) in [4.78, 5) is 31.3. The number of benzene rings is 3. The number of amides is 1. The number of phenolic OH excluding ortho intramolecular Hbond substituents is 1. The van der Waals surface area contributed by atoms with E-state index in [4.69, 9.17) is 16.3 Å². The van der Waals surface area contributed by atoms with Gasteiger partial charge in [0, 0.05) is 28.9 Å². The molecule has 0 fully saturated rings. The number of hydrogen-bond donors (Lipinski definition) is 3. The Morgan fingerprint density at radius 2 is 1.83 bits per heavy atom. The zero-order chi connectivity index (χ0) is 33.3. The Kier molecular flexibility index (Phi) is 8.69. The van der Waals surface area contributed by atoms with E-state index in [2.05, 4.69) is 15.6 Å². The third kappa shape index (κ3) is 6.81. The van der Waals surface area contributed by atoms with Gasteiger partial charge in [-0.2, -0.15) is 0 Å². The van der Waals surface area contributed by atoms with Crippen LogP contribution in [0.4, 0.5) is 17.2 Å². The number of aromatic hydroxyl groups is 1. The van der Waals surface area contributed by atoms with Gasteiger partial charge in [0.1, 0.15) is 41.4 Å². The topological polar surface area (TPSA) is 138 Å². The third-order valence-electron chi connectivity index (χ3n) is 8.02. The molecule has 2 aliphatic rings. The van der Waals surface area contributed by atoms with Crippen molar-refractivity contribution in [2.45, 2.75) is 39.3 Å². The molecule has 0 radical (unpaired) electrons. The predicted octanol–water partition coefficient (Wildman–Crippen LogP) is 6.60. The minimum Gasteiger partial charge on any atom is -0.506 e. The summed E-state index contributed by atoms with van der Waals surface area (Å²) >= 11 is 6.93. The van der Waals surface area contributed by atoms with Gasteiger partial charge in [0.25, 0.3) is 0 Å². The largest absolute Gasteiger partial charge is 0.506 e. The Bertz CT molecular complexity index is 1980. The number of nitrogens with zero attached hydrogens (tertiary/aromatic N) is 2. The number of Topliss-reactive ketones (excluding diaryl/α,β-unsaturated/α-hetero) is 1. The predicted molar refractivity (Wildman–Crippen MR) is 181 cm³/mol. The van der Waals surface area contributed by atoms with E-state index >= 15 is 0 Å². The highest BCUT2D eigenvalue weighted by Gasteiger charge is 2.46. The van der Waals surface area contributed by atoms with Crippen LogP contribution in [0.3, 0.4) is 0 Å². The van der Waals surface area contributed by atoms with Gasteiger partial charge in [0.05, 0.1) is 5.69 Å². The Hall–Kier alpha value is -4.87. The number of hydrogen-bond acceptors (Lipinski definition) is 8. The Labute approximate surface area is 278 Å². The van der Waals surface area contributed by atoms with E-state index in [1.807, 2.05) is 44.2 Å². The van der Waals surface area contributed by atoms with Gasteiger partial charge >= 0.3 is 0 Å². The average Bonchev–Trinajstić information content (AvgIpc) is 3.16. The maximum absolute atomic E-state index is 14.5. The number of phenols is 1. The number of allylic oxidation sites excluding steroid dienone is 1. The minimum absolute atomic E-state index is 0.0566. The molecular formula is C35H33ClN4O6S. The highest BCUT2D eigenvalue weighted by atomic mass is 35.5. The summed E-state index contributed by atoms with van der Waals surface area (Å²) in [6.45, 7) is 4.18. The first-order chi connectivity index (χ1) is 22.4. The van der Waals surface area contributed by atoms with Crippen LogP contribution in [0.2, 0.25) is 5.02 Å². The molecule has 3 aromatic carbocycles. The van der Waals surface area contributed by atoms with Gasteiger partial charge in [-0.15, -0.1) is 0 Å². The SMILES string of the molecule is CC1(C)CC(=O)C2=C(C1)Nc1c(O)cccc1N(S(=O)(=O)CC(=O)Nc1ccccn1)C2c1ccc(OCc2ccccc2)cc1Cl. The van der Waals surface area contributed by atoms with E-state index < -0.39 is 33.1 Å². The third-order valence-corrected chi connectivity index (χ3v) is 9.98. The molecule has 2 heterocycles. The lowest BCUT2D eigenvalue weighted by Gasteiger charge is -2.37. The summed E-state index contributed by atoms with van der Waals surface area (Å²) in [6, 6.07) is 22.5. The highest BCUT2D eigenvalue weighted by Crippen LogP contribution is 2.52. The molecule has 12 heteroatoms. The molecule has 1 unspecified atom stereocenters. The second-order valence-corrected chi connectivity index (χ2v) is 14.6. The fraction of sp³-hybridized carbons (Fsp3) is 0.229.